The number of amides is 1. The molecule has 1 amide bonds. The maximum absolute atomic E-state index is 12.5. The number of benzene rings is 2. The lowest BCUT2D eigenvalue weighted by molar-refractivity contribution is -0.126. The summed E-state index contributed by atoms with van der Waals surface area (Å²) in [5, 5.41) is 4.48. The van der Waals surface area contributed by atoms with Crippen LogP contribution in [0.2, 0.25) is 10.0 Å². The van der Waals surface area contributed by atoms with Gasteiger partial charge in [0.25, 0.3) is 0 Å². The molecule has 1 heterocycles. The fourth-order valence-corrected chi connectivity index (χ4v) is 4.80. The first kappa shape index (κ1) is 22.5. The van der Waals surface area contributed by atoms with E-state index in [0.717, 1.165) is 56.1 Å². The van der Waals surface area contributed by atoms with Crippen molar-refractivity contribution in [2.45, 2.75) is 32.1 Å². The Balaban J connectivity index is 1.32. The number of hydrogen-bond acceptors (Lipinski definition) is 3. The smallest absolute Gasteiger partial charge is 0.223 e. The zero-order valence-electron chi connectivity index (χ0n) is 16.8. The van der Waals surface area contributed by atoms with Gasteiger partial charge >= 0.3 is 0 Å². The van der Waals surface area contributed by atoms with E-state index in [9.17, 15) is 4.79 Å². The highest BCUT2D eigenvalue weighted by Gasteiger charge is 2.25. The predicted molar refractivity (Wildman–Crippen MR) is 125 cm³/mol. The zero-order valence-corrected chi connectivity index (χ0v) is 19.1. The lowest BCUT2D eigenvalue weighted by atomic mass is 9.95. The number of nitrogens with one attached hydrogen (secondary N) is 1. The molecular weight excluding hydrogens is 423 g/mol. The Kier molecular flexibility index (Phi) is 8.73. The molecule has 0 saturated carbocycles. The summed E-state index contributed by atoms with van der Waals surface area (Å²) in [5.41, 5.74) is 3.71. The van der Waals surface area contributed by atoms with E-state index >= 15 is 0 Å². The number of hydrogen-bond donors (Lipinski definition) is 1. The molecule has 2 aromatic carbocycles. The summed E-state index contributed by atoms with van der Waals surface area (Å²) in [7, 11) is 0. The topological polar surface area (TPSA) is 32.3 Å². The maximum atomic E-state index is 12.5. The third kappa shape index (κ3) is 7.21. The maximum Gasteiger partial charge on any atom is 0.223 e. The number of thioether (sulfide) groups is 1. The van der Waals surface area contributed by atoms with Crippen LogP contribution in [0.3, 0.4) is 0 Å². The van der Waals surface area contributed by atoms with Crippen LogP contribution >= 0.6 is 35.0 Å². The lowest BCUT2D eigenvalue weighted by Gasteiger charge is -2.31. The molecule has 1 saturated heterocycles. The Morgan fingerprint density at radius 1 is 1.14 bits per heavy atom. The summed E-state index contributed by atoms with van der Waals surface area (Å²) in [5.74, 6) is 2.24. The minimum absolute atomic E-state index is 0.119. The van der Waals surface area contributed by atoms with Crippen LogP contribution in [0, 0.1) is 12.8 Å². The van der Waals surface area contributed by atoms with Gasteiger partial charge in [-0.2, -0.15) is 11.8 Å². The van der Waals surface area contributed by atoms with Gasteiger partial charge in [0.2, 0.25) is 5.91 Å². The zero-order chi connectivity index (χ0) is 20.6. The van der Waals surface area contributed by atoms with Gasteiger partial charge in [0.05, 0.1) is 0 Å². The van der Waals surface area contributed by atoms with Crippen LogP contribution in [0.25, 0.3) is 0 Å². The molecule has 6 heteroatoms. The van der Waals surface area contributed by atoms with E-state index in [1.54, 1.807) is 6.07 Å². The van der Waals surface area contributed by atoms with Gasteiger partial charge in [0.1, 0.15) is 0 Å². The van der Waals surface area contributed by atoms with E-state index < -0.39 is 0 Å². The average molecular weight is 451 g/mol. The van der Waals surface area contributed by atoms with Crippen LogP contribution in [0.4, 0.5) is 0 Å². The molecule has 3 rings (SSSR count). The summed E-state index contributed by atoms with van der Waals surface area (Å²) in [6.45, 7) is 5.47. The van der Waals surface area contributed by atoms with Crippen molar-refractivity contribution in [2.75, 3.05) is 25.4 Å². The van der Waals surface area contributed by atoms with E-state index in [4.69, 9.17) is 23.2 Å². The third-order valence-corrected chi connectivity index (χ3v) is 6.92. The SMILES string of the molecule is Cc1ccc(CSCCNC(=O)C2CCN(Cc3ccc(Cl)cc3Cl)CC2)cc1. The van der Waals surface area contributed by atoms with Crippen molar-refractivity contribution in [3.63, 3.8) is 0 Å². The van der Waals surface area contributed by atoms with Gasteiger partial charge in [0.15, 0.2) is 0 Å². The van der Waals surface area contributed by atoms with Gasteiger partial charge in [-0.25, -0.2) is 0 Å². The van der Waals surface area contributed by atoms with Crippen LogP contribution in [0.1, 0.15) is 29.5 Å². The van der Waals surface area contributed by atoms with Crippen LogP contribution in [-0.2, 0) is 17.1 Å². The van der Waals surface area contributed by atoms with Gasteiger partial charge in [0, 0.05) is 40.6 Å². The number of piperidine rings is 1. The minimum Gasteiger partial charge on any atom is -0.355 e. The fraction of sp³-hybridized carbons (Fsp3) is 0.435. The molecule has 0 spiro atoms. The standard InChI is InChI=1S/C23H28Cl2N2OS/c1-17-2-4-18(5-3-17)16-29-13-10-26-23(28)19-8-11-27(12-9-19)15-20-6-7-21(24)14-22(20)25/h2-7,14,19H,8-13,15-16H2,1H3,(H,26,28). The monoisotopic (exact) mass is 450 g/mol. The molecule has 0 atom stereocenters. The molecule has 2 aromatic rings. The molecule has 1 fully saturated rings. The van der Waals surface area contributed by atoms with Gasteiger partial charge in [-0.3, -0.25) is 9.69 Å². The Labute approximate surface area is 188 Å². The summed E-state index contributed by atoms with van der Waals surface area (Å²) >= 11 is 14.1. The number of halogens is 2. The number of carbonyl (C=O) groups excluding carboxylic acids is 1. The van der Waals surface area contributed by atoms with Crippen molar-refractivity contribution < 1.29 is 4.79 Å². The minimum atomic E-state index is 0.119. The van der Waals surface area contributed by atoms with Gasteiger partial charge < -0.3 is 5.32 Å². The molecule has 0 bridgehead atoms. The molecule has 3 nitrogen and oxygen atoms in total. The first-order valence-corrected chi connectivity index (χ1v) is 12.0. The van der Waals surface area contributed by atoms with Gasteiger partial charge in [-0.05, 0) is 56.1 Å². The number of nitrogens with zero attached hydrogens (tertiary/aromatic N) is 1. The molecule has 0 aromatic heterocycles. The third-order valence-electron chi connectivity index (χ3n) is 5.30. The fourth-order valence-electron chi connectivity index (χ4n) is 3.51. The first-order chi connectivity index (χ1) is 14.0. The van der Waals surface area contributed by atoms with Crippen molar-refractivity contribution in [3.05, 3.63) is 69.2 Å². The molecule has 0 radical (unpaired) electrons. The molecular formula is C23H28Cl2N2OS. The number of rotatable bonds is 8. The first-order valence-electron chi connectivity index (χ1n) is 10.1. The Morgan fingerprint density at radius 3 is 2.55 bits per heavy atom. The van der Waals surface area contributed by atoms with E-state index in [2.05, 4.69) is 41.4 Å². The van der Waals surface area contributed by atoms with Crippen LogP contribution < -0.4 is 5.32 Å². The summed E-state index contributed by atoms with van der Waals surface area (Å²) in [6.07, 6.45) is 1.79. The Hall–Kier alpha value is -1.20. The Morgan fingerprint density at radius 2 is 1.86 bits per heavy atom. The van der Waals surface area contributed by atoms with Crippen LogP contribution in [0.5, 0.6) is 0 Å². The molecule has 156 valence electrons. The molecule has 0 aliphatic carbocycles. The van der Waals surface area contributed by atoms with E-state index in [0.29, 0.717) is 10.0 Å². The van der Waals surface area contributed by atoms with Crippen molar-refractivity contribution >= 4 is 40.9 Å². The van der Waals surface area contributed by atoms with Gasteiger partial charge in [-0.15, -0.1) is 0 Å². The number of carbonyl (C=O) groups is 1. The van der Waals surface area contributed by atoms with E-state index in [1.165, 1.54) is 11.1 Å². The molecule has 1 aliphatic rings. The van der Waals surface area contributed by atoms with Gasteiger partial charge in [-0.1, -0.05) is 59.1 Å². The second-order valence-corrected chi connectivity index (χ2v) is 9.56. The van der Waals surface area contributed by atoms with Crippen LogP contribution in [0.15, 0.2) is 42.5 Å². The highest BCUT2D eigenvalue weighted by Crippen LogP contribution is 2.25. The average Bonchev–Trinajstić information content (AvgIpc) is 2.71. The van der Waals surface area contributed by atoms with Crippen molar-refractivity contribution in [1.82, 2.24) is 10.2 Å². The van der Waals surface area contributed by atoms with E-state index in [-0.39, 0.29) is 11.8 Å². The number of likely N-dealkylation sites (tertiary alicyclic amines) is 1. The van der Waals surface area contributed by atoms with E-state index in [1.807, 2.05) is 23.9 Å². The number of aryl methyl sites for hydroxylation is 1. The largest absolute Gasteiger partial charge is 0.355 e. The lowest BCUT2D eigenvalue weighted by Crippen LogP contribution is -2.40. The summed E-state index contributed by atoms with van der Waals surface area (Å²) < 4.78 is 0. The van der Waals surface area contributed by atoms with Crippen molar-refractivity contribution in [3.8, 4) is 0 Å². The molecule has 0 unspecified atom stereocenters. The molecule has 1 aliphatic heterocycles. The highest BCUT2D eigenvalue weighted by atomic mass is 35.5. The summed E-state index contributed by atoms with van der Waals surface area (Å²) in [6, 6.07) is 14.3. The Bertz CT molecular complexity index is 805. The van der Waals surface area contributed by atoms with Crippen molar-refractivity contribution in [2.24, 2.45) is 5.92 Å². The second-order valence-electron chi connectivity index (χ2n) is 7.62. The normalized spacial score (nSPS) is 15.4. The molecule has 1 N–H and O–H groups in total. The highest BCUT2D eigenvalue weighted by molar-refractivity contribution is 7.98. The van der Waals surface area contributed by atoms with Crippen LogP contribution in [-0.4, -0.2) is 36.2 Å². The second kappa shape index (κ2) is 11.3. The predicted octanol–water partition coefficient (Wildman–Crippen LogP) is 5.56. The quantitative estimate of drug-likeness (QED) is 0.533. The summed E-state index contributed by atoms with van der Waals surface area (Å²) in [4.78, 5) is 14.8. The molecule has 29 heavy (non-hydrogen) atoms. The van der Waals surface area contributed by atoms with Crippen molar-refractivity contribution in [1.29, 1.82) is 0 Å².